The lowest BCUT2D eigenvalue weighted by Gasteiger charge is -2.29. The van der Waals surface area contributed by atoms with Crippen LogP contribution in [-0.4, -0.2) is 18.3 Å². The molecule has 1 aromatic carbocycles. The Morgan fingerprint density at radius 1 is 1.33 bits per heavy atom. The van der Waals surface area contributed by atoms with Gasteiger partial charge in [0, 0.05) is 25.1 Å². The molecule has 1 rings (SSSR count). The highest BCUT2D eigenvalue weighted by atomic mass is 35.5. The molecule has 0 saturated carbocycles. The van der Waals surface area contributed by atoms with Crippen LogP contribution in [0.3, 0.4) is 0 Å². The first-order valence-electron chi connectivity index (χ1n) is 6.33. The van der Waals surface area contributed by atoms with Gasteiger partial charge in [0.05, 0.1) is 5.02 Å². The zero-order valence-corrected chi connectivity index (χ0v) is 11.7. The van der Waals surface area contributed by atoms with Crippen molar-refractivity contribution < 1.29 is 9.50 Å². The molecule has 0 unspecified atom stereocenters. The van der Waals surface area contributed by atoms with Gasteiger partial charge in [0.25, 0.3) is 0 Å². The van der Waals surface area contributed by atoms with Crippen molar-refractivity contribution in [1.29, 1.82) is 0 Å². The molecule has 18 heavy (non-hydrogen) atoms. The number of benzene rings is 1. The summed E-state index contributed by atoms with van der Waals surface area (Å²) in [6.45, 7) is 5.50. The van der Waals surface area contributed by atoms with Gasteiger partial charge in [-0.2, -0.15) is 0 Å². The molecular formula is C14H21ClFNO. The van der Waals surface area contributed by atoms with Gasteiger partial charge in [0.15, 0.2) is 0 Å². The largest absolute Gasteiger partial charge is 0.396 e. The van der Waals surface area contributed by atoms with Gasteiger partial charge in [-0.3, -0.25) is 0 Å². The molecule has 0 spiro atoms. The predicted octanol–water partition coefficient (Wildman–Crippen LogP) is 3.37. The average Bonchev–Trinajstić information content (AvgIpc) is 2.40. The summed E-state index contributed by atoms with van der Waals surface area (Å²) in [5.41, 5.74) is 0.649. The summed E-state index contributed by atoms with van der Waals surface area (Å²) in [6.07, 6.45) is 1.81. The van der Waals surface area contributed by atoms with Crippen LogP contribution in [0.1, 0.15) is 32.3 Å². The minimum Gasteiger partial charge on any atom is -0.396 e. The fourth-order valence-corrected chi connectivity index (χ4v) is 2.12. The van der Waals surface area contributed by atoms with Crippen LogP contribution in [0.25, 0.3) is 0 Å². The van der Waals surface area contributed by atoms with E-state index >= 15 is 0 Å². The van der Waals surface area contributed by atoms with Crippen LogP contribution < -0.4 is 5.32 Å². The fourth-order valence-electron chi connectivity index (χ4n) is 1.93. The van der Waals surface area contributed by atoms with E-state index in [4.69, 9.17) is 11.6 Å². The van der Waals surface area contributed by atoms with Gasteiger partial charge in [-0.1, -0.05) is 37.6 Å². The van der Waals surface area contributed by atoms with Crippen LogP contribution in [-0.2, 0) is 6.54 Å². The standard InChI is InChI=1S/C14H21ClFNO/c1-3-14(4-2,10-18)9-17-8-11-6-5-7-12(16)13(11)15/h5-7,17-18H,3-4,8-10H2,1-2H3. The third-order valence-corrected chi connectivity index (χ3v) is 4.11. The third-order valence-electron chi connectivity index (χ3n) is 3.68. The van der Waals surface area contributed by atoms with Crippen LogP contribution in [0.4, 0.5) is 4.39 Å². The van der Waals surface area contributed by atoms with Crippen LogP contribution in [0.15, 0.2) is 18.2 Å². The van der Waals surface area contributed by atoms with Gasteiger partial charge in [0.2, 0.25) is 0 Å². The zero-order valence-electron chi connectivity index (χ0n) is 11.0. The van der Waals surface area contributed by atoms with Crippen molar-refractivity contribution in [3.8, 4) is 0 Å². The van der Waals surface area contributed by atoms with Crippen molar-refractivity contribution >= 4 is 11.6 Å². The van der Waals surface area contributed by atoms with Crippen molar-refractivity contribution in [3.63, 3.8) is 0 Å². The highest BCUT2D eigenvalue weighted by Gasteiger charge is 2.24. The predicted molar refractivity (Wildman–Crippen MR) is 73.2 cm³/mol. The second-order valence-electron chi connectivity index (χ2n) is 4.68. The van der Waals surface area contributed by atoms with Crippen molar-refractivity contribution in [2.75, 3.05) is 13.2 Å². The van der Waals surface area contributed by atoms with Gasteiger partial charge in [-0.25, -0.2) is 4.39 Å². The minimum atomic E-state index is -0.393. The van der Waals surface area contributed by atoms with E-state index in [0.717, 1.165) is 18.4 Å². The second kappa shape index (κ2) is 7.07. The maximum Gasteiger partial charge on any atom is 0.142 e. The molecule has 0 bridgehead atoms. The molecule has 0 heterocycles. The number of nitrogens with one attached hydrogen (secondary N) is 1. The Morgan fingerprint density at radius 2 is 2.00 bits per heavy atom. The molecule has 2 N–H and O–H groups in total. The van der Waals surface area contributed by atoms with Crippen LogP contribution in [0.2, 0.25) is 5.02 Å². The number of hydrogen-bond acceptors (Lipinski definition) is 2. The Kier molecular flexibility index (Phi) is 6.06. The number of aliphatic hydroxyl groups excluding tert-OH is 1. The smallest absolute Gasteiger partial charge is 0.142 e. The molecule has 1 aromatic rings. The van der Waals surface area contributed by atoms with E-state index in [-0.39, 0.29) is 17.0 Å². The quantitative estimate of drug-likeness (QED) is 0.798. The van der Waals surface area contributed by atoms with Crippen molar-refractivity contribution in [2.24, 2.45) is 5.41 Å². The summed E-state index contributed by atoms with van der Waals surface area (Å²) in [5.74, 6) is -0.393. The maximum atomic E-state index is 13.2. The molecule has 0 fully saturated rings. The second-order valence-corrected chi connectivity index (χ2v) is 5.06. The van der Waals surface area contributed by atoms with Gasteiger partial charge >= 0.3 is 0 Å². The van der Waals surface area contributed by atoms with E-state index in [2.05, 4.69) is 19.2 Å². The van der Waals surface area contributed by atoms with E-state index < -0.39 is 5.82 Å². The normalized spacial score (nSPS) is 11.8. The summed E-state index contributed by atoms with van der Waals surface area (Å²) in [6, 6.07) is 4.80. The van der Waals surface area contributed by atoms with Crippen LogP contribution in [0.5, 0.6) is 0 Å². The Balaban J connectivity index is 2.58. The molecule has 0 aliphatic carbocycles. The molecule has 0 amide bonds. The van der Waals surface area contributed by atoms with Crippen molar-refractivity contribution in [3.05, 3.63) is 34.6 Å². The van der Waals surface area contributed by atoms with Gasteiger partial charge in [0.1, 0.15) is 5.82 Å². The molecular weight excluding hydrogens is 253 g/mol. The average molecular weight is 274 g/mol. The molecule has 4 heteroatoms. The summed E-state index contributed by atoms with van der Waals surface area (Å²) < 4.78 is 13.2. The van der Waals surface area contributed by atoms with Crippen LogP contribution in [0, 0.1) is 11.2 Å². The van der Waals surface area contributed by atoms with Crippen LogP contribution >= 0.6 is 11.6 Å². The molecule has 0 aromatic heterocycles. The lowest BCUT2D eigenvalue weighted by molar-refractivity contribution is 0.113. The Morgan fingerprint density at radius 3 is 2.56 bits per heavy atom. The molecule has 0 aliphatic rings. The third kappa shape index (κ3) is 3.67. The van der Waals surface area contributed by atoms with Gasteiger partial charge < -0.3 is 10.4 Å². The summed E-state index contributed by atoms with van der Waals surface area (Å²) in [7, 11) is 0. The SMILES string of the molecule is CCC(CC)(CO)CNCc1cccc(F)c1Cl. The topological polar surface area (TPSA) is 32.3 Å². The van der Waals surface area contributed by atoms with E-state index in [1.807, 2.05) is 0 Å². The fraction of sp³-hybridized carbons (Fsp3) is 0.571. The maximum absolute atomic E-state index is 13.2. The molecule has 0 saturated heterocycles. The molecule has 102 valence electrons. The first-order valence-corrected chi connectivity index (χ1v) is 6.71. The van der Waals surface area contributed by atoms with E-state index in [1.165, 1.54) is 6.07 Å². The lowest BCUT2D eigenvalue weighted by Crippen LogP contribution is -2.36. The highest BCUT2D eigenvalue weighted by Crippen LogP contribution is 2.25. The first-order chi connectivity index (χ1) is 8.58. The number of rotatable bonds is 7. The number of hydrogen-bond donors (Lipinski definition) is 2. The zero-order chi connectivity index (χ0) is 13.6. The molecule has 0 atom stereocenters. The Labute approximate surface area is 113 Å². The molecule has 2 nitrogen and oxygen atoms in total. The molecule has 0 radical (unpaired) electrons. The van der Waals surface area contributed by atoms with E-state index in [9.17, 15) is 9.50 Å². The monoisotopic (exact) mass is 273 g/mol. The number of halogens is 2. The highest BCUT2D eigenvalue weighted by molar-refractivity contribution is 6.31. The Bertz CT molecular complexity index is 372. The van der Waals surface area contributed by atoms with E-state index in [1.54, 1.807) is 12.1 Å². The summed E-state index contributed by atoms with van der Waals surface area (Å²) >= 11 is 5.88. The lowest BCUT2D eigenvalue weighted by atomic mass is 9.83. The molecule has 0 aliphatic heterocycles. The number of aliphatic hydroxyl groups is 1. The summed E-state index contributed by atoms with van der Waals surface area (Å²) in [5, 5.41) is 12.9. The first kappa shape index (κ1) is 15.4. The summed E-state index contributed by atoms with van der Waals surface area (Å²) in [4.78, 5) is 0. The van der Waals surface area contributed by atoms with E-state index in [0.29, 0.717) is 13.1 Å². The minimum absolute atomic E-state index is 0.0974. The van der Waals surface area contributed by atoms with Gasteiger partial charge in [-0.15, -0.1) is 0 Å². The Hall–Kier alpha value is -0.640. The van der Waals surface area contributed by atoms with Crippen molar-refractivity contribution in [1.82, 2.24) is 5.32 Å². The van der Waals surface area contributed by atoms with Gasteiger partial charge in [-0.05, 0) is 24.5 Å². The van der Waals surface area contributed by atoms with Crippen molar-refractivity contribution in [2.45, 2.75) is 33.2 Å².